The third-order valence-electron chi connectivity index (χ3n) is 4.33. The molecule has 3 saturated carbocycles. The van der Waals surface area contributed by atoms with Gasteiger partial charge in [-0.2, -0.15) is 0 Å². The zero-order valence-electron chi connectivity index (χ0n) is 8.56. The first-order chi connectivity index (χ1) is 5.94. The smallest absolute Gasteiger partial charge is 0.308 e. The standard InChI is InChI=1S/C10H17NO2.ClH/c1-10(2)5-3-6(9(12)13)8(11)7(10)4-5;/h5-8H,3-4,11H2,1-2H3,(H,12,13);1H/t5-,6+,7-,8-;/m0./s1. The van der Waals surface area contributed by atoms with Crippen molar-refractivity contribution in [1.82, 2.24) is 0 Å². The second kappa shape index (κ2) is 3.38. The highest BCUT2D eigenvalue weighted by Gasteiger charge is 2.58. The summed E-state index contributed by atoms with van der Waals surface area (Å²) in [7, 11) is 0. The molecule has 0 spiro atoms. The summed E-state index contributed by atoms with van der Waals surface area (Å²) in [6, 6.07) is -0.127. The monoisotopic (exact) mass is 219 g/mol. The average Bonchev–Trinajstić information content (AvgIpc) is 2.02. The molecule has 4 atom stereocenters. The molecular weight excluding hydrogens is 202 g/mol. The van der Waals surface area contributed by atoms with Gasteiger partial charge in [-0.3, -0.25) is 4.79 Å². The van der Waals surface area contributed by atoms with Gasteiger partial charge in [0, 0.05) is 6.04 Å². The number of halogens is 1. The lowest BCUT2D eigenvalue weighted by Crippen LogP contribution is -2.62. The topological polar surface area (TPSA) is 63.3 Å². The number of fused-ring (bicyclic) bond motifs is 2. The number of carboxylic acid groups (broad SMARTS) is 1. The minimum atomic E-state index is -0.710. The second-order valence-corrected chi connectivity index (χ2v) is 5.12. The van der Waals surface area contributed by atoms with E-state index in [-0.39, 0.29) is 29.8 Å². The van der Waals surface area contributed by atoms with Gasteiger partial charge in [0.1, 0.15) is 0 Å². The van der Waals surface area contributed by atoms with Gasteiger partial charge in [-0.1, -0.05) is 13.8 Å². The summed E-state index contributed by atoms with van der Waals surface area (Å²) in [6.07, 6.45) is 1.91. The predicted octanol–water partition coefficient (Wildman–Crippen LogP) is 1.50. The molecule has 0 amide bonds. The molecule has 0 unspecified atom stereocenters. The maximum Gasteiger partial charge on any atom is 0.308 e. The van der Waals surface area contributed by atoms with Gasteiger partial charge >= 0.3 is 5.97 Å². The van der Waals surface area contributed by atoms with E-state index in [1.165, 1.54) is 0 Å². The van der Waals surface area contributed by atoms with Crippen molar-refractivity contribution in [3.63, 3.8) is 0 Å². The van der Waals surface area contributed by atoms with Crippen LogP contribution in [0.15, 0.2) is 0 Å². The van der Waals surface area contributed by atoms with E-state index in [2.05, 4.69) is 13.8 Å². The average molecular weight is 220 g/mol. The quantitative estimate of drug-likeness (QED) is 0.703. The lowest BCUT2D eigenvalue weighted by Gasteiger charge is -2.60. The maximum atomic E-state index is 10.9. The third kappa shape index (κ3) is 1.34. The molecule has 3 N–H and O–H groups in total. The molecular formula is C10H18ClNO2. The van der Waals surface area contributed by atoms with Gasteiger partial charge in [0.05, 0.1) is 5.92 Å². The van der Waals surface area contributed by atoms with Gasteiger partial charge < -0.3 is 10.8 Å². The van der Waals surface area contributed by atoms with Gasteiger partial charge in [-0.05, 0) is 30.1 Å². The van der Waals surface area contributed by atoms with Crippen molar-refractivity contribution in [2.24, 2.45) is 28.9 Å². The summed E-state index contributed by atoms with van der Waals surface area (Å²) in [5, 5.41) is 8.94. The van der Waals surface area contributed by atoms with Crippen LogP contribution in [0.4, 0.5) is 0 Å². The normalized spacial score (nSPS) is 43.4. The summed E-state index contributed by atoms with van der Waals surface area (Å²) in [4.78, 5) is 10.9. The van der Waals surface area contributed by atoms with Crippen LogP contribution in [0.1, 0.15) is 26.7 Å². The molecule has 0 aromatic heterocycles. The van der Waals surface area contributed by atoms with Crippen LogP contribution in [-0.4, -0.2) is 17.1 Å². The fourth-order valence-electron chi connectivity index (χ4n) is 3.12. The Kier molecular flexibility index (Phi) is 2.85. The number of hydrogen-bond acceptors (Lipinski definition) is 2. The highest BCUT2D eigenvalue weighted by atomic mass is 35.5. The Morgan fingerprint density at radius 2 is 2.00 bits per heavy atom. The largest absolute Gasteiger partial charge is 0.481 e. The molecule has 3 aliphatic rings. The molecule has 0 aromatic carbocycles. The molecule has 14 heavy (non-hydrogen) atoms. The van der Waals surface area contributed by atoms with Crippen LogP contribution in [0.2, 0.25) is 0 Å². The summed E-state index contributed by atoms with van der Waals surface area (Å²) in [5.74, 6) is 0.000208. The molecule has 0 aromatic rings. The molecule has 2 bridgehead atoms. The molecule has 4 heteroatoms. The molecule has 0 aliphatic heterocycles. The van der Waals surface area contributed by atoms with Crippen LogP contribution >= 0.6 is 12.4 Å². The van der Waals surface area contributed by atoms with Gasteiger partial charge in [0.25, 0.3) is 0 Å². The van der Waals surface area contributed by atoms with Crippen LogP contribution in [0.25, 0.3) is 0 Å². The summed E-state index contributed by atoms with van der Waals surface area (Å²) >= 11 is 0. The maximum absolute atomic E-state index is 10.9. The minimum Gasteiger partial charge on any atom is -0.481 e. The van der Waals surface area contributed by atoms with Crippen LogP contribution in [-0.2, 0) is 4.79 Å². The Bertz CT molecular complexity index is 255. The summed E-state index contributed by atoms with van der Waals surface area (Å²) in [6.45, 7) is 4.42. The number of carboxylic acids is 1. The van der Waals surface area contributed by atoms with E-state index >= 15 is 0 Å². The van der Waals surface area contributed by atoms with Crippen molar-refractivity contribution >= 4 is 18.4 Å². The zero-order chi connectivity index (χ0) is 9.80. The van der Waals surface area contributed by atoms with Gasteiger partial charge in [-0.25, -0.2) is 0 Å². The Hall–Kier alpha value is -0.280. The first-order valence-electron chi connectivity index (χ1n) is 4.93. The minimum absolute atomic E-state index is 0. The number of nitrogens with two attached hydrogens (primary N) is 1. The van der Waals surface area contributed by atoms with Crippen molar-refractivity contribution in [3.8, 4) is 0 Å². The van der Waals surface area contributed by atoms with Gasteiger partial charge in [-0.15, -0.1) is 12.4 Å². The molecule has 0 heterocycles. The number of carbonyl (C=O) groups is 1. The van der Waals surface area contributed by atoms with Crippen LogP contribution in [0.3, 0.4) is 0 Å². The Balaban J connectivity index is 0.000000980. The second-order valence-electron chi connectivity index (χ2n) is 5.12. The van der Waals surface area contributed by atoms with Crippen molar-refractivity contribution in [3.05, 3.63) is 0 Å². The van der Waals surface area contributed by atoms with Crippen molar-refractivity contribution in [2.45, 2.75) is 32.7 Å². The number of aliphatic carboxylic acids is 1. The molecule has 0 radical (unpaired) electrons. The van der Waals surface area contributed by atoms with Crippen LogP contribution in [0, 0.1) is 23.2 Å². The van der Waals surface area contributed by atoms with Gasteiger partial charge in [0.2, 0.25) is 0 Å². The predicted molar refractivity (Wildman–Crippen MR) is 56.3 cm³/mol. The van der Waals surface area contributed by atoms with E-state index in [1.807, 2.05) is 0 Å². The third-order valence-corrected chi connectivity index (χ3v) is 4.33. The van der Waals surface area contributed by atoms with E-state index in [0.717, 1.165) is 12.8 Å². The highest BCUT2D eigenvalue weighted by molar-refractivity contribution is 5.85. The van der Waals surface area contributed by atoms with Crippen molar-refractivity contribution in [2.75, 3.05) is 0 Å². The summed E-state index contributed by atoms with van der Waals surface area (Å²) in [5.41, 5.74) is 6.24. The van der Waals surface area contributed by atoms with E-state index in [1.54, 1.807) is 0 Å². The van der Waals surface area contributed by atoms with E-state index < -0.39 is 5.97 Å². The Morgan fingerprint density at radius 1 is 1.43 bits per heavy atom. The molecule has 82 valence electrons. The first kappa shape index (κ1) is 11.8. The first-order valence-corrected chi connectivity index (χ1v) is 4.93. The molecule has 0 saturated heterocycles. The fraction of sp³-hybridized carbons (Fsp3) is 0.900. The van der Waals surface area contributed by atoms with E-state index in [9.17, 15) is 4.79 Å². The molecule has 3 nitrogen and oxygen atoms in total. The number of rotatable bonds is 1. The highest BCUT2D eigenvalue weighted by Crippen LogP contribution is 2.60. The lowest BCUT2D eigenvalue weighted by atomic mass is 9.45. The summed E-state index contributed by atoms with van der Waals surface area (Å²) < 4.78 is 0. The zero-order valence-corrected chi connectivity index (χ0v) is 9.38. The van der Waals surface area contributed by atoms with Crippen LogP contribution < -0.4 is 5.73 Å². The fourth-order valence-corrected chi connectivity index (χ4v) is 3.12. The lowest BCUT2D eigenvalue weighted by molar-refractivity contribution is -0.159. The van der Waals surface area contributed by atoms with E-state index in [0.29, 0.717) is 11.8 Å². The van der Waals surface area contributed by atoms with Crippen molar-refractivity contribution in [1.29, 1.82) is 0 Å². The number of hydrogen-bond donors (Lipinski definition) is 2. The Labute approximate surface area is 90.5 Å². The van der Waals surface area contributed by atoms with Crippen LogP contribution in [0.5, 0.6) is 0 Å². The van der Waals surface area contributed by atoms with Crippen molar-refractivity contribution < 1.29 is 9.90 Å². The SMILES string of the molecule is CC1(C)[C@H]2C[C@@H](C(=O)O)[C@H](N)[C@@H]1C2.Cl. The van der Waals surface area contributed by atoms with E-state index in [4.69, 9.17) is 10.8 Å². The van der Waals surface area contributed by atoms with Gasteiger partial charge in [0.15, 0.2) is 0 Å². The molecule has 3 fully saturated rings. The molecule has 3 rings (SSSR count). The molecule has 3 aliphatic carbocycles. The Morgan fingerprint density at radius 3 is 2.36 bits per heavy atom.